The second kappa shape index (κ2) is 9.52. The van der Waals surface area contributed by atoms with Crippen molar-refractivity contribution in [3.63, 3.8) is 0 Å². The van der Waals surface area contributed by atoms with Gasteiger partial charge in [-0.25, -0.2) is 13.8 Å². The largest absolute Gasteiger partial charge is 0.472 e. The van der Waals surface area contributed by atoms with Gasteiger partial charge in [0.05, 0.1) is 16.8 Å². The molecule has 0 unspecified atom stereocenters. The Kier molecular flexibility index (Phi) is 6.24. The van der Waals surface area contributed by atoms with E-state index in [0.29, 0.717) is 11.3 Å². The summed E-state index contributed by atoms with van der Waals surface area (Å²) in [5, 5.41) is 9.71. The molecule has 0 saturated carbocycles. The number of alkyl halides is 4. The highest BCUT2D eigenvalue weighted by Gasteiger charge is 2.19. The van der Waals surface area contributed by atoms with Gasteiger partial charge in [-0.3, -0.25) is 9.48 Å². The standard InChI is InChI=1S/C25H19F4N5O3/c1-13-17-11-15(5-8-18(17)31-33(13)2)34-24(35)22(14-3-6-16(7-4-14)37-25(28)29)23-19(32-34)9-10-21(30-23)36-12-20(26)27/h3-11,20,25H,12H2,1-2H3. The van der Waals surface area contributed by atoms with E-state index in [2.05, 4.69) is 19.9 Å². The first kappa shape index (κ1) is 24.2. The topological polar surface area (TPSA) is 84.1 Å². The molecule has 0 bridgehead atoms. The van der Waals surface area contributed by atoms with Crippen LogP contribution in [0.4, 0.5) is 17.6 Å². The lowest BCUT2D eigenvalue weighted by Crippen LogP contribution is -2.23. The molecule has 3 aromatic heterocycles. The smallest absolute Gasteiger partial charge is 0.387 e. The van der Waals surface area contributed by atoms with Gasteiger partial charge in [-0.05, 0) is 48.9 Å². The summed E-state index contributed by atoms with van der Waals surface area (Å²) in [5.74, 6) is -0.207. The van der Waals surface area contributed by atoms with E-state index in [4.69, 9.17) is 4.74 Å². The summed E-state index contributed by atoms with van der Waals surface area (Å²) in [4.78, 5) is 18.0. The maximum Gasteiger partial charge on any atom is 0.387 e. The fourth-order valence-corrected chi connectivity index (χ4v) is 3.97. The van der Waals surface area contributed by atoms with Crippen LogP contribution < -0.4 is 15.0 Å². The highest BCUT2D eigenvalue weighted by molar-refractivity contribution is 5.91. The average Bonchev–Trinajstić information content (AvgIpc) is 3.15. The second-order valence-corrected chi connectivity index (χ2v) is 8.12. The van der Waals surface area contributed by atoms with Crippen molar-refractivity contribution in [2.75, 3.05) is 6.61 Å². The van der Waals surface area contributed by atoms with Crippen LogP contribution in [0.5, 0.6) is 11.6 Å². The Balaban J connectivity index is 1.72. The molecule has 12 heteroatoms. The van der Waals surface area contributed by atoms with Crippen molar-refractivity contribution in [2.24, 2.45) is 7.05 Å². The third kappa shape index (κ3) is 4.69. The second-order valence-electron chi connectivity index (χ2n) is 8.12. The van der Waals surface area contributed by atoms with Crippen LogP contribution in [0.2, 0.25) is 0 Å². The summed E-state index contributed by atoms with van der Waals surface area (Å²) in [5.41, 5.74) is 2.35. The van der Waals surface area contributed by atoms with Crippen molar-refractivity contribution in [2.45, 2.75) is 20.0 Å². The van der Waals surface area contributed by atoms with E-state index in [1.807, 2.05) is 14.0 Å². The molecule has 8 nitrogen and oxygen atoms in total. The lowest BCUT2D eigenvalue weighted by Gasteiger charge is -2.13. The molecule has 0 atom stereocenters. The zero-order valence-corrected chi connectivity index (χ0v) is 19.5. The number of aryl methyl sites for hydroxylation is 2. The number of pyridine rings is 1. The molecule has 0 fully saturated rings. The SMILES string of the molecule is Cc1c2cc(-n3nc4ccc(OCC(F)F)nc4c(-c4ccc(OC(F)F)cc4)c3=O)ccc2nn1C. The summed E-state index contributed by atoms with van der Waals surface area (Å²) in [6.45, 7) is -1.98. The van der Waals surface area contributed by atoms with Gasteiger partial charge in [-0.15, -0.1) is 0 Å². The van der Waals surface area contributed by atoms with Crippen LogP contribution in [0.1, 0.15) is 5.69 Å². The van der Waals surface area contributed by atoms with E-state index >= 15 is 0 Å². The quantitative estimate of drug-likeness (QED) is 0.288. The summed E-state index contributed by atoms with van der Waals surface area (Å²) < 4.78 is 62.9. The number of hydrogen-bond donors (Lipinski definition) is 0. The number of rotatable bonds is 7. The van der Waals surface area contributed by atoms with Gasteiger partial charge < -0.3 is 9.47 Å². The van der Waals surface area contributed by atoms with Crippen LogP contribution in [0, 0.1) is 6.92 Å². The third-order valence-electron chi connectivity index (χ3n) is 5.78. The lowest BCUT2D eigenvalue weighted by atomic mass is 10.1. The van der Waals surface area contributed by atoms with E-state index in [-0.39, 0.29) is 28.2 Å². The van der Waals surface area contributed by atoms with Crippen LogP contribution in [-0.4, -0.2) is 44.2 Å². The first-order chi connectivity index (χ1) is 17.7. The predicted molar refractivity (Wildman–Crippen MR) is 128 cm³/mol. The summed E-state index contributed by atoms with van der Waals surface area (Å²) >= 11 is 0. The molecule has 5 rings (SSSR count). The zero-order chi connectivity index (χ0) is 26.3. The minimum absolute atomic E-state index is 0.0825. The molecule has 37 heavy (non-hydrogen) atoms. The number of fused-ring (bicyclic) bond motifs is 2. The van der Waals surface area contributed by atoms with Crippen molar-refractivity contribution in [3.8, 4) is 28.4 Å². The Bertz CT molecular complexity index is 1670. The number of halogens is 4. The molecule has 0 aliphatic carbocycles. The van der Waals surface area contributed by atoms with Crippen LogP contribution in [-0.2, 0) is 7.05 Å². The van der Waals surface area contributed by atoms with Gasteiger partial charge >= 0.3 is 6.61 Å². The predicted octanol–water partition coefficient (Wildman–Crippen LogP) is 4.89. The fraction of sp³-hybridized carbons (Fsp3) is 0.200. The zero-order valence-electron chi connectivity index (χ0n) is 19.5. The Morgan fingerprint density at radius 2 is 1.68 bits per heavy atom. The van der Waals surface area contributed by atoms with Gasteiger partial charge in [0.25, 0.3) is 12.0 Å². The molecular weight excluding hydrogens is 494 g/mol. The monoisotopic (exact) mass is 513 g/mol. The molecule has 0 spiro atoms. The molecule has 0 N–H and O–H groups in total. The van der Waals surface area contributed by atoms with Crippen LogP contribution in [0.25, 0.3) is 38.8 Å². The van der Waals surface area contributed by atoms with Crippen molar-refractivity contribution in [1.82, 2.24) is 24.5 Å². The van der Waals surface area contributed by atoms with Crippen molar-refractivity contribution in [3.05, 3.63) is 70.6 Å². The van der Waals surface area contributed by atoms with Crippen LogP contribution >= 0.6 is 0 Å². The number of nitrogens with zero attached hydrogens (tertiary/aromatic N) is 5. The fourth-order valence-electron chi connectivity index (χ4n) is 3.97. The number of hydrogen-bond acceptors (Lipinski definition) is 6. The van der Waals surface area contributed by atoms with Crippen LogP contribution in [0.15, 0.2) is 59.4 Å². The Morgan fingerprint density at radius 3 is 2.38 bits per heavy atom. The summed E-state index contributed by atoms with van der Waals surface area (Å²) in [6.07, 6.45) is -2.71. The molecule has 3 heterocycles. The average molecular weight is 513 g/mol. The molecule has 0 aliphatic heterocycles. The Morgan fingerprint density at radius 1 is 0.946 bits per heavy atom. The van der Waals surface area contributed by atoms with E-state index in [9.17, 15) is 22.4 Å². The molecule has 0 amide bonds. The normalized spacial score (nSPS) is 11.7. The minimum Gasteiger partial charge on any atom is -0.472 e. The lowest BCUT2D eigenvalue weighted by molar-refractivity contribution is -0.0498. The van der Waals surface area contributed by atoms with Crippen molar-refractivity contribution < 1.29 is 27.0 Å². The third-order valence-corrected chi connectivity index (χ3v) is 5.78. The molecule has 2 aromatic carbocycles. The van der Waals surface area contributed by atoms with E-state index < -0.39 is 25.2 Å². The van der Waals surface area contributed by atoms with Crippen molar-refractivity contribution >= 4 is 21.9 Å². The summed E-state index contributed by atoms with van der Waals surface area (Å²) in [6, 6.07) is 13.6. The Labute approximate surface area is 206 Å². The van der Waals surface area contributed by atoms with E-state index in [1.54, 1.807) is 22.9 Å². The van der Waals surface area contributed by atoms with Gasteiger partial charge in [0.2, 0.25) is 5.88 Å². The Hall–Kier alpha value is -4.48. The first-order valence-corrected chi connectivity index (χ1v) is 11.1. The number of ether oxygens (including phenoxy) is 2. The molecule has 190 valence electrons. The van der Waals surface area contributed by atoms with Gasteiger partial charge in [0.1, 0.15) is 16.8 Å². The minimum atomic E-state index is -3.01. The first-order valence-electron chi connectivity index (χ1n) is 11.1. The molecule has 5 aromatic rings. The maximum absolute atomic E-state index is 13.8. The molecular formula is C25H19F4N5O3. The van der Waals surface area contributed by atoms with Crippen LogP contribution in [0.3, 0.4) is 0 Å². The summed E-state index contributed by atoms with van der Waals surface area (Å²) in [7, 11) is 1.81. The van der Waals surface area contributed by atoms with Crippen molar-refractivity contribution in [1.29, 1.82) is 0 Å². The van der Waals surface area contributed by atoms with Gasteiger partial charge in [-0.2, -0.15) is 23.7 Å². The highest BCUT2D eigenvalue weighted by Crippen LogP contribution is 2.28. The molecule has 0 aliphatic rings. The maximum atomic E-state index is 13.8. The molecule has 0 radical (unpaired) electrons. The molecule has 0 saturated heterocycles. The van der Waals surface area contributed by atoms with E-state index in [1.165, 1.54) is 41.1 Å². The van der Waals surface area contributed by atoms with Gasteiger partial charge in [-0.1, -0.05) is 12.1 Å². The van der Waals surface area contributed by atoms with Gasteiger partial charge in [0.15, 0.2) is 6.61 Å². The van der Waals surface area contributed by atoms with E-state index in [0.717, 1.165) is 16.6 Å². The highest BCUT2D eigenvalue weighted by atomic mass is 19.3. The number of benzene rings is 2. The number of aromatic nitrogens is 5. The van der Waals surface area contributed by atoms with Gasteiger partial charge in [0, 0.05) is 24.2 Å².